The lowest BCUT2D eigenvalue weighted by molar-refractivity contribution is 0.531. The second kappa shape index (κ2) is 6.63. The number of hydrogen-bond acceptors (Lipinski definition) is 5. The molecule has 1 fully saturated rings. The summed E-state index contributed by atoms with van der Waals surface area (Å²) in [7, 11) is 0. The summed E-state index contributed by atoms with van der Waals surface area (Å²) < 4.78 is 2.71. The molecule has 4 rings (SSSR count). The maximum atomic E-state index is 4.75. The summed E-state index contributed by atoms with van der Waals surface area (Å²) in [6.45, 7) is 2.96. The van der Waals surface area contributed by atoms with Gasteiger partial charge in [-0.2, -0.15) is 9.61 Å². The second-order valence-electron chi connectivity index (χ2n) is 6.86. The molecule has 2 N–H and O–H groups in total. The zero-order valence-corrected chi connectivity index (χ0v) is 15.8. The number of pyridine rings is 1. The average Bonchev–Trinajstić information content (AvgIpc) is 3.20. The van der Waals surface area contributed by atoms with Crippen LogP contribution in [0.25, 0.3) is 5.65 Å². The van der Waals surface area contributed by atoms with Crippen LogP contribution in [0.2, 0.25) is 0 Å². The molecule has 7 heteroatoms. The van der Waals surface area contributed by atoms with Crippen molar-refractivity contribution in [2.45, 2.75) is 44.7 Å². The second-order valence-corrected chi connectivity index (χ2v) is 7.72. The van der Waals surface area contributed by atoms with E-state index in [9.17, 15) is 0 Å². The Labute approximate surface area is 155 Å². The Hall–Kier alpha value is -2.15. The van der Waals surface area contributed by atoms with E-state index in [1.54, 1.807) is 12.4 Å². The summed E-state index contributed by atoms with van der Waals surface area (Å²) in [6, 6.07) is 6.03. The Morgan fingerprint density at radius 3 is 2.88 bits per heavy atom. The molecule has 0 unspecified atom stereocenters. The van der Waals surface area contributed by atoms with E-state index in [0.29, 0.717) is 6.54 Å². The number of nitrogens with one attached hydrogen (secondary N) is 2. The minimum Gasteiger partial charge on any atom is -0.366 e. The number of nitrogens with zero attached hydrogens (tertiary/aromatic N) is 4. The van der Waals surface area contributed by atoms with Gasteiger partial charge in [0.25, 0.3) is 0 Å². The van der Waals surface area contributed by atoms with Crippen molar-refractivity contribution in [2.75, 3.05) is 10.6 Å². The Morgan fingerprint density at radius 1 is 1.28 bits per heavy atom. The van der Waals surface area contributed by atoms with Gasteiger partial charge in [-0.25, -0.2) is 4.98 Å². The summed E-state index contributed by atoms with van der Waals surface area (Å²) in [4.78, 5) is 8.91. The first-order chi connectivity index (χ1) is 12.1. The predicted molar refractivity (Wildman–Crippen MR) is 103 cm³/mol. The molecule has 0 saturated heterocycles. The van der Waals surface area contributed by atoms with Crippen LogP contribution in [-0.2, 0) is 6.54 Å². The van der Waals surface area contributed by atoms with Crippen molar-refractivity contribution in [3.05, 3.63) is 46.8 Å². The van der Waals surface area contributed by atoms with Gasteiger partial charge in [-0.3, -0.25) is 4.98 Å². The molecule has 0 spiro atoms. The number of fused-ring (bicyclic) bond motifs is 1. The van der Waals surface area contributed by atoms with E-state index in [1.807, 2.05) is 22.8 Å². The van der Waals surface area contributed by atoms with Crippen molar-refractivity contribution >= 4 is 33.2 Å². The SMILES string of the molecule is CC1(Nc2cc(NCc3cccnc3)n3ncc(Br)c3n2)CCCC1. The number of aromatic nitrogens is 4. The molecule has 1 aliphatic rings. The third kappa shape index (κ3) is 3.46. The third-order valence-electron chi connectivity index (χ3n) is 4.76. The standard InChI is InChI=1S/C18H21BrN6/c1-18(6-2-3-7-18)24-15-9-16(21-11-13-5-4-8-20-10-13)25-17(23-15)14(19)12-22-25/h4-5,8-10,12,21H,2-3,6-7,11H2,1H3,(H,23,24). The van der Waals surface area contributed by atoms with E-state index in [0.717, 1.165) is 27.3 Å². The quantitative estimate of drug-likeness (QED) is 0.669. The first kappa shape index (κ1) is 16.3. The van der Waals surface area contributed by atoms with Crippen LogP contribution in [0.5, 0.6) is 0 Å². The summed E-state index contributed by atoms with van der Waals surface area (Å²) >= 11 is 3.55. The fourth-order valence-corrected chi connectivity index (χ4v) is 3.76. The van der Waals surface area contributed by atoms with Gasteiger partial charge in [0.15, 0.2) is 5.65 Å². The molecule has 6 nitrogen and oxygen atoms in total. The van der Waals surface area contributed by atoms with Crippen LogP contribution in [0, 0.1) is 0 Å². The van der Waals surface area contributed by atoms with E-state index in [-0.39, 0.29) is 5.54 Å². The van der Waals surface area contributed by atoms with Crippen LogP contribution in [0.15, 0.2) is 41.3 Å². The van der Waals surface area contributed by atoms with E-state index < -0.39 is 0 Å². The van der Waals surface area contributed by atoms with Gasteiger partial charge in [0.1, 0.15) is 11.6 Å². The molecule has 3 aromatic heterocycles. The largest absolute Gasteiger partial charge is 0.366 e. The summed E-state index contributed by atoms with van der Waals surface area (Å²) in [5, 5.41) is 11.5. The van der Waals surface area contributed by atoms with Crippen molar-refractivity contribution in [1.82, 2.24) is 19.6 Å². The molecule has 1 aliphatic carbocycles. The van der Waals surface area contributed by atoms with Gasteiger partial charge in [-0.1, -0.05) is 18.9 Å². The average molecular weight is 401 g/mol. The van der Waals surface area contributed by atoms with Crippen LogP contribution in [0.3, 0.4) is 0 Å². The molecule has 0 aliphatic heterocycles. The van der Waals surface area contributed by atoms with Gasteiger partial charge in [-0.05, 0) is 47.3 Å². The van der Waals surface area contributed by atoms with Gasteiger partial charge >= 0.3 is 0 Å². The first-order valence-corrected chi connectivity index (χ1v) is 9.38. The van der Waals surface area contributed by atoms with Crippen molar-refractivity contribution in [3.8, 4) is 0 Å². The molecule has 1 saturated carbocycles. The van der Waals surface area contributed by atoms with Gasteiger partial charge in [0.2, 0.25) is 0 Å². The minimum atomic E-state index is 0.123. The molecule has 25 heavy (non-hydrogen) atoms. The number of anilines is 2. The summed E-state index contributed by atoms with van der Waals surface area (Å²) in [6.07, 6.45) is 10.3. The molecule has 0 atom stereocenters. The number of rotatable bonds is 5. The highest BCUT2D eigenvalue weighted by molar-refractivity contribution is 9.10. The highest BCUT2D eigenvalue weighted by Gasteiger charge is 2.29. The maximum Gasteiger partial charge on any atom is 0.173 e. The number of halogens is 1. The fraction of sp³-hybridized carbons (Fsp3) is 0.389. The topological polar surface area (TPSA) is 67.1 Å². The zero-order chi connectivity index (χ0) is 17.3. The van der Waals surface area contributed by atoms with E-state index in [1.165, 1.54) is 25.7 Å². The van der Waals surface area contributed by atoms with E-state index in [2.05, 4.69) is 49.6 Å². The molecule has 0 bridgehead atoms. The molecule has 130 valence electrons. The van der Waals surface area contributed by atoms with Crippen LogP contribution in [-0.4, -0.2) is 25.1 Å². The maximum absolute atomic E-state index is 4.75. The van der Waals surface area contributed by atoms with Gasteiger partial charge < -0.3 is 10.6 Å². The lowest BCUT2D eigenvalue weighted by Crippen LogP contribution is -2.31. The van der Waals surface area contributed by atoms with Crippen molar-refractivity contribution in [3.63, 3.8) is 0 Å². The highest BCUT2D eigenvalue weighted by atomic mass is 79.9. The van der Waals surface area contributed by atoms with Gasteiger partial charge in [0, 0.05) is 30.5 Å². The normalized spacial score (nSPS) is 16.2. The Bertz CT molecular complexity index is 870. The smallest absolute Gasteiger partial charge is 0.173 e. The van der Waals surface area contributed by atoms with Crippen molar-refractivity contribution < 1.29 is 0 Å². The summed E-state index contributed by atoms with van der Waals surface area (Å²) in [5.74, 6) is 1.79. The highest BCUT2D eigenvalue weighted by Crippen LogP contribution is 2.33. The number of hydrogen-bond donors (Lipinski definition) is 2. The Balaban J connectivity index is 1.64. The monoisotopic (exact) mass is 400 g/mol. The lowest BCUT2D eigenvalue weighted by Gasteiger charge is -2.26. The van der Waals surface area contributed by atoms with Crippen LogP contribution >= 0.6 is 15.9 Å². The molecular weight excluding hydrogens is 380 g/mol. The van der Waals surface area contributed by atoms with Gasteiger partial charge in [0.05, 0.1) is 10.7 Å². The minimum absolute atomic E-state index is 0.123. The first-order valence-electron chi connectivity index (χ1n) is 8.58. The van der Waals surface area contributed by atoms with Crippen LogP contribution in [0.4, 0.5) is 11.6 Å². The van der Waals surface area contributed by atoms with Crippen molar-refractivity contribution in [1.29, 1.82) is 0 Å². The molecular formula is C18H21BrN6. The predicted octanol–water partition coefficient (Wildman–Crippen LogP) is 4.24. The molecule has 3 heterocycles. The zero-order valence-electron chi connectivity index (χ0n) is 14.2. The molecule has 0 radical (unpaired) electrons. The Morgan fingerprint density at radius 2 is 2.12 bits per heavy atom. The lowest BCUT2D eigenvalue weighted by atomic mass is 10.0. The van der Waals surface area contributed by atoms with Gasteiger partial charge in [-0.15, -0.1) is 0 Å². The van der Waals surface area contributed by atoms with E-state index >= 15 is 0 Å². The summed E-state index contributed by atoms with van der Waals surface area (Å²) in [5.41, 5.74) is 2.05. The third-order valence-corrected chi connectivity index (χ3v) is 5.32. The fourth-order valence-electron chi connectivity index (χ4n) is 3.41. The van der Waals surface area contributed by atoms with E-state index in [4.69, 9.17) is 4.98 Å². The van der Waals surface area contributed by atoms with Crippen LogP contribution in [0.1, 0.15) is 38.2 Å². The Kier molecular flexibility index (Phi) is 4.33. The molecule has 0 amide bonds. The van der Waals surface area contributed by atoms with Crippen molar-refractivity contribution in [2.24, 2.45) is 0 Å². The molecule has 3 aromatic rings. The van der Waals surface area contributed by atoms with Crippen LogP contribution < -0.4 is 10.6 Å². The molecule has 0 aromatic carbocycles.